The SMILES string of the molecule is COc1cccc2c1C(=O)c1c(O)c3c(c(O)c1C2=O)C[C@@](O)(C(=O)CO)C[C@@H]3O[C@H]1C[C@H](O)[C@@H](O)[C@H](C)O1. The summed E-state index contributed by atoms with van der Waals surface area (Å²) in [5.41, 5.74) is -3.81. The molecular weight excluding hydrogens is 516 g/mol. The predicted octanol–water partition coefficient (Wildman–Crippen LogP) is 0.0349. The molecule has 6 atom stereocenters. The van der Waals surface area contributed by atoms with Crippen molar-refractivity contribution in [1.82, 2.24) is 0 Å². The summed E-state index contributed by atoms with van der Waals surface area (Å²) in [4.78, 5) is 39.7. The number of ketones is 3. The van der Waals surface area contributed by atoms with Crippen LogP contribution in [0.15, 0.2) is 18.2 Å². The normalized spacial score (nSPS) is 29.8. The molecule has 2 aromatic carbocycles. The van der Waals surface area contributed by atoms with Crippen LogP contribution in [0.2, 0.25) is 0 Å². The van der Waals surface area contributed by atoms with Gasteiger partial charge in [0.2, 0.25) is 5.78 Å². The summed E-state index contributed by atoms with van der Waals surface area (Å²) in [6.07, 6.45) is -7.17. The topological polar surface area (TPSA) is 200 Å². The van der Waals surface area contributed by atoms with Crippen LogP contribution >= 0.6 is 0 Å². The Labute approximate surface area is 222 Å². The first-order valence-corrected chi connectivity index (χ1v) is 12.3. The third-order valence-corrected chi connectivity index (χ3v) is 7.73. The van der Waals surface area contributed by atoms with E-state index in [0.717, 1.165) is 0 Å². The van der Waals surface area contributed by atoms with Crippen LogP contribution < -0.4 is 4.74 Å². The number of fused-ring (bicyclic) bond motifs is 3. The summed E-state index contributed by atoms with van der Waals surface area (Å²) in [5.74, 6) is -3.91. The summed E-state index contributed by atoms with van der Waals surface area (Å²) in [7, 11) is 1.31. The van der Waals surface area contributed by atoms with E-state index in [1.54, 1.807) is 0 Å². The fourth-order valence-corrected chi connectivity index (χ4v) is 5.69. The Morgan fingerprint density at radius 3 is 2.44 bits per heavy atom. The molecule has 0 amide bonds. The van der Waals surface area contributed by atoms with Crippen molar-refractivity contribution in [2.45, 2.75) is 62.5 Å². The Kier molecular flexibility index (Phi) is 6.74. The van der Waals surface area contributed by atoms with Crippen molar-refractivity contribution in [3.63, 3.8) is 0 Å². The van der Waals surface area contributed by atoms with Gasteiger partial charge in [-0.2, -0.15) is 0 Å². The van der Waals surface area contributed by atoms with Gasteiger partial charge in [0.15, 0.2) is 17.9 Å². The molecule has 0 bridgehead atoms. The molecule has 0 unspecified atom stereocenters. The number of aliphatic hydroxyl groups excluding tert-OH is 3. The number of rotatable bonds is 5. The van der Waals surface area contributed by atoms with Gasteiger partial charge in [-0.05, 0) is 13.0 Å². The van der Waals surface area contributed by atoms with E-state index in [1.165, 1.54) is 32.2 Å². The van der Waals surface area contributed by atoms with Gasteiger partial charge >= 0.3 is 0 Å². The minimum atomic E-state index is -2.27. The highest BCUT2D eigenvalue weighted by Gasteiger charge is 2.50. The number of phenols is 2. The standard InChI is InChI=1S/C27H28O12/c1-10-22(31)13(29)6-17(38-10)39-15-8-27(36,16(30)9-28)7-12-19(15)26(35)21-20(24(12)33)23(32)11-4-3-5-14(37-2)18(11)25(21)34/h3-5,10,13,15,17,22,28-29,31,33,35-36H,6-9H2,1-2H3/t10-,13-,15-,17-,22-,27-/m0/s1. The maximum atomic E-state index is 13.6. The molecule has 2 aromatic rings. The van der Waals surface area contributed by atoms with Gasteiger partial charge in [-0.25, -0.2) is 0 Å². The van der Waals surface area contributed by atoms with Crippen molar-refractivity contribution in [2.75, 3.05) is 13.7 Å². The van der Waals surface area contributed by atoms with E-state index in [2.05, 4.69) is 0 Å². The lowest BCUT2D eigenvalue weighted by atomic mass is 9.72. The number of carbonyl (C=O) groups is 3. The van der Waals surface area contributed by atoms with E-state index in [4.69, 9.17) is 14.2 Å². The van der Waals surface area contributed by atoms with Crippen LogP contribution in [0.25, 0.3) is 0 Å². The van der Waals surface area contributed by atoms with Gasteiger partial charge in [-0.15, -0.1) is 0 Å². The maximum absolute atomic E-state index is 13.6. The van der Waals surface area contributed by atoms with Crippen LogP contribution in [-0.2, 0) is 20.7 Å². The van der Waals surface area contributed by atoms with Crippen LogP contribution in [0, 0.1) is 0 Å². The van der Waals surface area contributed by atoms with Crippen molar-refractivity contribution >= 4 is 17.3 Å². The van der Waals surface area contributed by atoms with Gasteiger partial charge in [0.25, 0.3) is 0 Å². The molecule has 5 rings (SSSR count). The van der Waals surface area contributed by atoms with Gasteiger partial charge in [-0.3, -0.25) is 14.4 Å². The zero-order chi connectivity index (χ0) is 28.4. The average molecular weight is 545 g/mol. The predicted molar refractivity (Wildman–Crippen MR) is 130 cm³/mol. The lowest BCUT2D eigenvalue weighted by Gasteiger charge is -2.42. The second-order valence-corrected chi connectivity index (χ2v) is 10.1. The molecule has 208 valence electrons. The van der Waals surface area contributed by atoms with Crippen molar-refractivity contribution < 1.29 is 59.2 Å². The first-order valence-electron chi connectivity index (χ1n) is 12.3. The minimum Gasteiger partial charge on any atom is -0.507 e. The number of carbonyl (C=O) groups excluding carboxylic acids is 3. The van der Waals surface area contributed by atoms with E-state index >= 15 is 0 Å². The molecule has 12 nitrogen and oxygen atoms in total. The van der Waals surface area contributed by atoms with Gasteiger partial charge in [0.05, 0.1) is 42.1 Å². The molecule has 12 heteroatoms. The summed E-state index contributed by atoms with van der Waals surface area (Å²) in [6, 6.07) is 4.33. The molecule has 1 heterocycles. The molecule has 6 N–H and O–H groups in total. The first-order chi connectivity index (χ1) is 18.4. The molecular formula is C27H28O12. The monoisotopic (exact) mass is 544 g/mol. The van der Waals surface area contributed by atoms with Crippen molar-refractivity contribution in [1.29, 1.82) is 0 Å². The Hall–Kier alpha value is -3.39. The highest BCUT2D eigenvalue weighted by molar-refractivity contribution is 6.31. The van der Waals surface area contributed by atoms with Crippen molar-refractivity contribution in [3.05, 3.63) is 51.6 Å². The van der Waals surface area contributed by atoms with Gasteiger partial charge in [-0.1, -0.05) is 12.1 Å². The number of methoxy groups -OCH3 is 1. The first kappa shape index (κ1) is 27.2. The summed E-state index contributed by atoms with van der Waals surface area (Å²) in [5, 5.41) is 63.7. The molecule has 1 aliphatic heterocycles. The van der Waals surface area contributed by atoms with E-state index < -0.39 is 95.7 Å². The lowest BCUT2D eigenvalue weighted by Crippen LogP contribution is -2.50. The number of ether oxygens (including phenoxy) is 3. The Bertz CT molecular complexity index is 1370. The zero-order valence-electron chi connectivity index (χ0n) is 21.1. The third kappa shape index (κ3) is 4.11. The molecule has 2 aliphatic carbocycles. The van der Waals surface area contributed by atoms with Crippen LogP contribution in [0.3, 0.4) is 0 Å². The fourth-order valence-electron chi connectivity index (χ4n) is 5.69. The molecule has 1 saturated heterocycles. The van der Waals surface area contributed by atoms with Gasteiger partial charge in [0.1, 0.15) is 35.6 Å². The van der Waals surface area contributed by atoms with Crippen LogP contribution in [-0.4, -0.2) is 91.9 Å². The number of benzene rings is 2. The minimum absolute atomic E-state index is 0.0658. The van der Waals surface area contributed by atoms with Crippen LogP contribution in [0.1, 0.15) is 68.8 Å². The summed E-state index contributed by atoms with van der Waals surface area (Å²) >= 11 is 0. The van der Waals surface area contributed by atoms with Crippen LogP contribution in [0.5, 0.6) is 17.2 Å². The van der Waals surface area contributed by atoms with Crippen molar-refractivity contribution in [3.8, 4) is 17.2 Å². The quantitative estimate of drug-likeness (QED) is 0.236. The smallest absolute Gasteiger partial charge is 0.202 e. The highest BCUT2D eigenvalue weighted by Crippen LogP contribution is 2.52. The molecule has 0 aromatic heterocycles. The second kappa shape index (κ2) is 9.66. The highest BCUT2D eigenvalue weighted by atomic mass is 16.7. The second-order valence-electron chi connectivity index (χ2n) is 10.1. The number of aromatic hydroxyl groups is 2. The lowest BCUT2D eigenvalue weighted by molar-refractivity contribution is -0.266. The summed E-state index contributed by atoms with van der Waals surface area (Å²) < 4.78 is 16.8. The molecule has 1 fully saturated rings. The molecule has 39 heavy (non-hydrogen) atoms. The fraction of sp³-hybridized carbons (Fsp3) is 0.444. The van der Waals surface area contributed by atoms with E-state index in [-0.39, 0.29) is 34.4 Å². The number of Topliss-reactive ketones (excluding diaryl/α,β-unsaturated/α-hetero) is 1. The van der Waals surface area contributed by atoms with Crippen LogP contribution in [0.4, 0.5) is 0 Å². The Morgan fingerprint density at radius 1 is 1.10 bits per heavy atom. The van der Waals surface area contributed by atoms with E-state index in [1.807, 2.05) is 0 Å². The van der Waals surface area contributed by atoms with E-state index in [0.29, 0.717) is 0 Å². The van der Waals surface area contributed by atoms with Crippen molar-refractivity contribution in [2.24, 2.45) is 0 Å². The largest absolute Gasteiger partial charge is 0.507 e. The molecule has 3 aliphatic rings. The molecule has 0 radical (unpaired) electrons. The summed E-state index contributed by atoms with van der Waals surface area (Å²) in [6.45, 7) is 0.460. The molecule has 0 saturated carbocycles. The number of hydrogen-bond acceptors (Lipinski definition) is 12. The number of aliphatic hydroxyl groups is 4. The average Bonchev–Trinajstić information content (AvgIpc) is 2.90. The molecule has 0 spiro atoms. The number of phenolic OH excluding ortho intramolecular Hbond substituents is 2. The zero-order valence-corrected chi connectivity index (χ0v) is 21.1. The number of hydrogen-bond donors (Lipinski definition) is 6. The van der Waals surface area contributed by atoms with E-state index in [9.17, 15) is 45.0 Å². The maximum Gasteiger partial charge on any atom is 0.202 e. The third-order valence-electron chi connectivity index (χ3n) is 7.73. The Balaban J connectivity index is 1.69. The van der Waals surface area contributed by atoms with Gasteiger partial charge in [0, 0.05) is 36.0 Å². The van der Waals surface area contributed by atoms with Gasteiger partial charge < -0.3 is 44.8 Å². The Morgan fingerprint density at radius 2 is 1.79 bits per heavy atom.